The van der Waals surface area contributed by atoms with E-state index in [1.807, 2.05) is 6.08 Å². The zero-order chi connectivity index (χ0) is 22.3. The van der Waals surface area contributed by atoms with Gasteiger partial charge in [-0.2, -0.15) is 0 Å². The third kappa shape index (κ3) is 3.54. The fraction of sp³-hybridized carbons (Fsp3) is 0.381. The molecular weight excluding hydrogens is 406 g/mol. The number of ether oxygens (including phenoxy) is 1. The maximum absolute atomic E-state index is 13.4. The van der Waals surface area contributed by atoms with Gasteiger partial charge in [0.25, 0.3) is 0 Å². The Morgan fingerprint density at radius 1 is 1.19 bits per heavy atom. The van der Waals surface area contributed by atoms with E-state index in [-0.39, 0.29) is 17.7 Å². The number of hydrogen-bond donors (Lipinski definition) is 3. The smallest absolute Gasteiger partial charge is 0.408 e. The number of nitrogens with one attached hydrogen (secondary N) is 2. The molecule has 3 aliphatic carbocycles. The van der Waals surface area contributed by atoms with Crippen molar-refractivity contribution in [1.29, 1.82) is 0 Å². The highest BCUT2D eigenvalue weighted by atomic mass is 16.6. The number of fused-ring (bicyclic) bond motifs is 1. The number of carbonyl (C=O) groups excluding carboxylic acids is 4. The zero-order valence-corrected chi connectivity index (χ0v) is 16.7. The van der Waals surface area contributed by atoms with Crippen molar-refractivity contribution >= 4 is 41.2 Å². The first-order chi connectivity index (χ1) is 14.7. The molecule has 1 heterocycles. The number of anilines is 2. The summed E-state index contributed by atoms with van der Waals surface area (Å²) in [7, 11) is 0. The lowest BCUT2D eigenvalue weighted by Gasteiger charge is -2.47. The van der Waals surface area contributed by atoms with Gasteiger partial charge in [0.15, 0.2) is 6.61 Å². The first-order valence-corrected chi connectivity index (χ1v) is 9.83. The molecule has 4 atom stereocenters. The molecule has 1 saturated heterocycles. The summed E-state index contributed by atoms with van der Waals surface area (Å²) in [5, 5.41) is 14.0. The summed E-state index contributed by atoms with van der Waals surface area (Å²) in [5.41, 5.74) is -0.206. The highest BCUT2D eigenvalue weighted by Crippen LogP contribution is 2.52. The Morgan fingerprint density at radius 3 is 2.48 bits per heavy atom. The van der Waals surface area contributed by atoms with Gasteiger partial charge in [-0.05, 0) is 43.0 Å². The average Bonchev–Trinajstić information content (AvgIpc) is 3.00. The number of imide groups is 1. The van der Waals surface area contributed by atoms with Gasteiger partial charge in [-0.25, -0.2) is 14.5 Å². The third-order valence-corrected chi connectivity index (χ3v) is 6.01. The molecule has 4 aliphatic rings. The Morgan fingerprint density at radius 2 is 1.90 bits per heavy atom. The molecule has 1 aliphatic heterocycles. The molecule has 1 saturated carbocycles. The summed E-state index contributed by atoms with van der Waals surface area (Å²) in [4.78, 5) is 61.8. The number of rotatable bonds is 5. The minimum absolute atomic E-state index is 0.121. The highest BCUT2D eigenvalue weighted by Gasteiger charge is 2.63. The van der Waals surface area contributed by atoms with Gasteiger partial charge in [-0.3, -0.25) is 14.4 Å². The molecule has 0 unspecified atom stereocenters. The molecule has 162 valence electrons. The van der Waals surface area contributed by atoms with Crippen molar-refractivity contribution in [3.05, 3.63) is 36.4 Å². The molecule has 1 aromatic rings. The second-order valence-corrected chi connectivity index (χ2v) is 7.94. The molecular formula is C21H21N3O7. The maximum atomic E-state index is 13.4. The monoisotopic (exact) mass is 427 g/mol. The Bertz CT molecular complexity index is 1000. The molecule has 0 radical (unpaired) electrons. The molecule has 2 bridgehead atoms. The van der Waals surface area contributed by atoms with Crippen molar-refractivity contribution in [2.24, 2.45) is 17.8 Å². The number of carboxylic acids is 1. The number of allylic oxidation sites excluding steroid dienone is 1. The van der Waals surface area contributed by atoms with Gasteiger partial charge in [0.2, 0.25) is 17.7 Å². The van der Waals surface area contributed by atoms with Gasteiger partial charge < -0.3 is 20.5 Å². The number of aliphatic carboxylic acids is 1. The number of amides is 4. The predicted molar refractivity (Wildman–Crippen MR) is 107 cm³/mol. The van der Waals surface area contributed by atoms with Crippen LogP contribution in [0.5, 0.6) is 0 Å². The van der Waals surface area contributed by atoms with Gasteiger partial charge >= 0.3 is 12.1 Å². The fourth-order valence-corrected chi connectivity index (χ4v) is 4.79. The molecule has 0 spiro atoms. The molecule has 0 aromatic heterocycles. The normalized spacial score (nSPS) is 28.3. The zero-order valence-electron chi connectivity index (χ0n) is 16.7. The lowest BCUT2D eigenvalue weighted by atomic mass is 9.59. The molecule has 31 heavy (non-hydrogen) atoms. The number of carbonyl (C=O) groups is 5. The van der Waals surface area contributed by atoms with E-state index in [0.717, 1.165) is 4.90 Å². The number of nitrogens with zero attached hydrogens (tertiary/aromatic N) is 1. The lowest BCUT2D eigenvalue weighted by Crippen LogP contribution is -2.61. The van der Waals surface area contributed by atoms with Crippen LogP contribution in [0.25, 0.3) is 0 Å². The Labute approximate surface area is 177 Å². The number of hydrogen-bond acceptors (Lipinski definition) is 6. The lowest BCUT2D eigenvalue weighted by molar-refractivity contribution is -0.140. The van der Waals surface area contributed by atoms with Crippen LogP contribution in [0.4, 0.5) is 16.2 Å². The minimum Gasteiger partial charge on any atom is -0.479 e. The van der Waals surface area contributed by atoms with Crippen molar-refractivity contribution < 1.29 is 33.8 Å². The van der Waals surface area contributed by atoms with Crippen molar-refractivity contribution in [1.82, 2.24) is 5.32 Å². The van der Waals surface area contributed by atoms with Crippen LogP contribution in [0.2, 0.25) is 0 Å². The van der Waals surface area contributed by atoms with Crippen LogP contribution >= 0.6 is 0 Å². The van der Waals surface area contributed by atoms with E-state index in [0.29, 0.717) is 24.2 Å². The van der Waals surface area contributed by atoms with Gasteiger partial charge in [0.1, 0.15) is 0 Å². The number of benzene rings is 1. The maximum Gasteiger partial charge on any atom is 0.408 e. The van der Waals surface area contributed by atoms with Crippen LogP contribution in [0.3, 0.4) is 0 Å². The fourth-order valence-electron chi connectivity index (χ4n) is 4.79. The molecule has 4 amide bonds. The first kappa shape index (κ1) is 20.6. The van der Waals surface area contributed by atoms with E-state index < -0.39 is 42.0 Å². The van der Waals surface area contributed by atoms with E-state index in [9.17, 15) is 24.0 Å². The standard InChI is InChI=1S/C21H21N3O7/c1-11(25)22-13-2-4-14(5-3-13)24-18(28)16-12-6-8-21(9-7-12,17(16)19(24)29)23-20(30)31-10-15(26)27/h2-6,8,12,16-17H,7,9-10H2,1H3,(H,22,25)(H,23,30)(H,26,27)/t12-,16+,17-,21-/m0/s1. The summed E-state index contributed by atoms with van der Waals surface area (Å²) in [6.45, 7) is 0.574. The largest absolute Gasteiger partial charge is 0.479 e. The van der Waals surface area contributed by atoms with E-state index in [1.54, 1.807) is 30.3 Å². The van der Waals surface area contributed by atoms with Crippen LogP contribution in [0, 0.1) is 17.8 Å². The average molecular weight is 427 g/mol. The quantitative estimate of drug-likeness (QED) is 0.475. The third-order valence-electron chi connectivity index (χ3n) is 6.01. The minimum atomic E-state index is -1.30. The topological polar surface area (TPSA) is 142 Å². The van der Waals surface area contributed by atoms with Crippen LogP contribution in [0.1, 0.15) is 19.8 Å². The highest BCUT2D eigenvalue weighted by molar-refractivity contribution is 6.23. The van der Waals surface area contributed by atoms with Crippen LogP contribution in [0.15, 0.2) is 36.4 Å². The van der Waals surface area contributed by atoms with Crippen molar-refractivity contribution in [2.45, 2.75) is 25.3 Å². The van der Waals surface area contributed by atoms with Crippen molar-refractivity contribution in [3.8, 4) is 0 Å². The van der Waals surface area contributed by atoms with E-state index in [2.05, 4.69) is 15.4 Å². The summed E-state index contributed by atoms with van der Waals surface area (Å²) in [6, 6.07) is 6.36. The van der Waals surface area contributed by atoms with Crippen molar-refractivity contribution in [3.63, 3.8) is 0 Å². The second kappa shape index (κ2) is 7.53. The number of alkyl carbamates (subject to hydrolysis) is 1. The molecule has 10 heteroatoms. The Balaban J connectivity index is 1.60. The van der Waals surface area contributed by atoms with Crippen LogP contribution < -0.4 is 15.5 Å². The molecule has 2 fully saturated rings. The van der Waals surface area contributed by atoms with Gasteiger partial charge in [-0.1, -0.05) is 12.2 Å². The number of carboxylic acid groups (broad SMARTS) is 1. The molecule has 10 nitrogen and oxygen atoms in total. The second-order valence-electron chi connectivity index (χ2n) is 7.94. The molecule has 1 aromatic carbocycles. The van der Waals surface area contributed by atoms with E-state index >= 15 is 0 Å². The Hall–Kier alpha value is -3.69. The van der Waals surface area contributed by atoms with Crippen LogP contribution in [-0.2, 0) is 23.9 Å². The molecule has 3 N–H and O–H groups in total. The van der Waals surface area contributed by atoms with Crippen molar-refractivity contribution in [2.75, 3.05) is 16.8 Å². The summed E-state index contributed by atoms with van der Waals surface area (Å²) < 4.78 is 4.69. The van der Waals surface area contributed by atoms with Gasteiger partial charge in [0, 0.05) is 12.6 Å². The van der Waals surface area contributed by atoms with Gasteiger partial charge in [-0.15, -0.1) is 0 Å². The van der Waals surface area contributed by atoms with E-state index in [4.69, 9.17) is 5.11 Å². The SMILES string of the molecule is CC(=O)Nc1ccc(N2C(=O)[C@H]3[C@@H](C2=O)[C@]2(NC(=O)OCC(=O)O)C=C[C@H]3CC2)cc1. The molecule has 5 rings (SSSR count). The van der Waals surface area contributed by atoms with E-state index in [1.165, 1.54) is 6.92 Å². The summed E-state index contributed by atoms with van der Waals surface area (Å²) in [5.74, 6) is -3.87. The predicted octanol–water partition coefficient (Wildman–Crippen LogP) is 1.28. The Kier molecular flexibility index (Phi) is 5.00. The first-order valence-electron chi connectivity index (χ1n) is 9.83. The summed E-state index contributed by atoms with van der Waals surface area (Å²) >= 11 is 0. The van der Waals surface area contributed by atoms with Crippen LogP contribution in [-0.4, -0.2) is 47.0 Å². The summed E-state index contributed by atoms with van der Waals surface area (Å²) in [6.07, 6.45) is 3.64. The van der Waals surface area contributed by atoms with Gasteiger partial charge in [0.05, 0.1) is 23.1 Å².